The highest BCUT2D eigenvalue weighted by molar-refractivity contribution is 7.16. The Morgan fingerprint density at radius 2 is 2.23 bits per heavy atom. The lowest BCUT2D eigenvalue weighted by Gasteiger charge is -2.20. The lowest BCUT2D eigenvalue weighted by Crippen LogP contribution is -2.38. The van der Waals surface area contributed by atoms with Gasteiger partial charge in [0, 0.05) is 30.2 Å². The normalized spacial score (nSPS) is 10.3. The van der Waals surface area contributed by atoms with E-state index in [1.807, 2.05) is 25.1 Å². The van der Waals surface area contributed by atoms with Crippen LogP contribution in [0.15, 0.2) is 30.5 Å². The molecule has 0 unspecified atom stereocenters. The average molecular weight is 340 g/mol. The van der Waals surface area contributed by atoms with Gasteiger partial charge in [-0.05, 0) is 24.6 Å². The van der Waals surface area contributed by atoms with Gasteiger partial charge in [0.2, 0.25) is 5.88 Å². The molecule has 2 aromatic rings. The van der Waals surface area contributed by atoms with E-state index in [0.29, 0.717) is 25.5 Å². The third-order valence-corrected chi connectivity index (χ3v) is 4.31. The minimum atomic E-state index is -0.108. The smallest absolute Gasteiger partial charge is 0.317 e. The van der Waals surface area contributed by atoms with Crippen LogP contribution >= 0.6 is 22.9 Å². The largest absolute Gasteiger partial charge is 0.481 e. The number of urea groups is 1. The molecule has 0 fully saturated rings. The van der Waals surface area contributed by atoms with Crippen molar-refractivity contribution in [2.75, 3.05) is 13.7 Å². The highest BCUT2D eigenvalue weighted by atomic mass is 35.5. The lowest BCUT2D eigenvalue weighted by atomic mass is 10.3. The van der Waals surface area contributed by atoms with Crippen molar-refractivity contribution in [2.24, 2.45) is 0 Å². The second kappa shape index (κ2) is 8.00. The number of thiophene rings is 1. The fourth-order valence-corrected chi connectivity index (χ4v) is 2.98. The van der Waals surface area contributed by atoms with E-state index >= 15 is 0 Å². The van der Waals surface area contributed by atoms with E-state index in [-0.39, 0.29) is 6.03 Å². The molecule has 2 amide bonds. The summed E-state index contributed by atoms with van der Waals surface area (Å²) in [5.41, 5.74) is 0.921. The first-order valence-electron chi connectivity index (χ1n) is 6.88. The Hall–Kier alpha value is -1.79. The third kappa shape index (κ3) is 4.61. The summed E-state index contributed by atoms with van der Waals surface area (Å²) in [4.78, 5) is 19.1. The SMILES string of the molecule is CCN(Cc1ccc(Cl)s1)C(=O)NCc1ccc(OC)nc1. The highest BCUT2D eigenvalue weighted by Crippen LogP contribution is 2.22. The number of carbonyl (C=O) groups excluding carboxylic acids is 1. The number of pyridine rings is 1. The molecule has 0 bridgehead atoms. The van der Waals surface area contributed by atoms with Crippen LogP contribution in [-0.2, 0) is 13.1 Å². The Morgan fingerprint density at radius 1 is 1.41 bits per heavy atom. The number of amides is 2. The van der Waals surface area contributed by atoms with Gasteiger partial charge in [-0.2, -0.15) is 0 Å². The van der Waals surface area contributed by atoms with Crippen LogP contribution in [0.25, 0.3) is 0 Å². The zero-order valence-corrected chi connectivity index (χ0v) is 14.1. The molecule has 0 aliphatic heterocycles. The van der Waals surface area contributed by atoms with Crippen molar-refractivity contribution >= 4 is 29.0 Å². The van der Waals surface area contributed by atoms with Crippen molar-refractivity contribution in [3.05, 3.63) is 45.2 Å². The first kappa shape index (κ1) is 16.6. The molecule has 2 heterocycles. The maximum atomic E-state index is 12.2. The molecule has 0 spiro atoms. The fourth-order valence-electron chi connectivity index (χ4n) is 1.88. The Morgan fingerprint density at radius 3 is 2.77 bits per heavy atom. The zero-order chi connectivity index (χ0) is 15.9. The molecule has 0 aromatic carbocycles. The van der Waals surface area contributed by atoms with E-state index in [4.69, 9.17) is 16.3 Å². The zero-order valence-electron chi connectivity index (χ0n) is 12.5. The topological polar surface area (TPSA) is 54.5 Å². The first-order valence-corrected chi connectivity index (χ1v) is 8.07. The molecular weight excluding hydrogens is 322 g/mol. The van der Waals surface area contributed by atoms with Crippen molar-refractivity contribution in [3.63, 3.8) is 0 Å². The summed E-state index contributed by atoms with van der Waals surface area (Å²) in [6.45, 7) is 3.56. The van der Waals surface area contributed by atoms with Crippen LogP contribution in [0.4, 0.5) is 4.79 Å². The van der Waals surface area contributed by atoms with Gasteiger partial charge in [-0.3, -0.25) is 0 Å². The van der Waals surface area contributed by atoms with Gasteiger partial charge in [-0.1, -0.05) is 17.7 Å². The van der Waals surface area contributed by atoms with E-state index < -0.39 is 0 Å². The van der Waals surface area contributed by atoms with Gasteiger partial charge in [0.25, 0.3) is 0 Å². The molecule has 0 saturated heterocycles. The van der Waals surface area contributed by atoms with Crippen molar-refractivity contribution in [2.45, 2.75) is 20.0 Å². The van der Waals surface area contributed by atoms with Crippen LogP contribution in [0.3, 0.4) is 0 Å². The van der Waals surface area contributed by atoms with E-state index in [9.17, 15) is 4.79 Å². The van der Waals surface area contributed by atoms with Gasteiger partial charge in [-0.25, -0.2) is 9.78 Å². The second-order valence-electron chi connectivity index (χ2n) is 4.59. The maximum Gasteiger partial charge on any atom is 0.317 e. The van der Waals surface area contributed by atoms with Crippen molar-refractivity contribution in [1.29, 1.82) is 0 Å². The Labute approximate surface area is 138 Å². The number of hydrogen-bond donors (Lipinski definition) is 1. The average Bonchev–Trinajstić information content (AvgIpc) is 2.96. The molecule has 0 radical (unpaired) electrons. The summed E-state index contributed by atoms with van der Waals surface area (Å²) < 4.78 is 5.73. The van der Waals surface area contributed by atoms with Crippen molar-refractivity contribution in [1.82, 2.24) is 15.2 Å². The minimum absolute atomic E-state index is 0.108. The summed E-state index contributed by atoms with van der Waals surface area (Å²) in [5.74, 6) is 0.555. The fraction of sp³-hybridized carbons (Fsp3) is 0.333. The molecule has 5 nitrogen and oxygen atoms in total. The number of hydrogen-bond acceptors (Lipinski definition) is 4. The van der Waals surface area contributed by atoms with Crippen molar-refractivity contribution < 1.29 is 9.53 Å². The number of carbonyl (C=O) groups is 1. The Bertz CT molecular complexity index is 616. The summed E-state index contributed by atoms with van der Waals surface area (Å²) in [5, 5.41) is 2.89. The van der Waals surface area contributed by atoms with Gasteiger partial charge < -0.3 is 15.0 Å². The molecule has 2 rings (SSSR count). The number of ether oxygens (including phenoxy) is 1. The standard InChI is InChI=1S/C15H18ClN3O2S/c1-3-19(10-12-5-6-13(16)22-12)15(20)18-9-11-4-7-14(21-2)17-8-11/h4-8H,3,9-10H2,1-2H3,(H,18,20). The van der Waals surface area contributed by atoms with E-state index in [2.05, 4.69) is 10.3 Å². The van der Waals surface area contributed by atoms with Gasteiger partial charge in [0.1, 0.15) is 0 Å². The molecule has 118 valence electrons. The predicted octanol–water partition coefficient (Wildman–Crippen LogP) is 3.54. The number of nitrogens with zero attached hydrogens (tertiary/aromatic N) is 2. The van der Waals surface area contributed by atoms with Gasteiger partial charge in [0.05, 0.1) is 18.0 Å². The lowest BCUT2D eigenvalue weighted by molar-refractivity contribution is 0.198. The molecule has 0 aliphatic carbocycles. The van der Waals surface area contributed by atoms with Crippen LogP contribution in [0, 0.1) is 0 Å². The van der Waals surface area contributed by atoms with Gasteiger partial charge >= 0.3 is 6.03 Å². The summed E-state index contributed by atoms with van der Waals surface area (Å²) in [6, 6.07) is 7.32. The number of nitrogens with one attached hydrogen (secondary N) is 1. The highest BCUT2D eigenvalue weighted by Gasteiger charge is 2.13. The van der Waals surface area contributed by atoms with Crippen LogP contribution < -0.4 is 10.1 Å². The number of halogens is 1. The molecular formula is C15H18ClN3O2S. The third-order valence-electron chi connectivity index (χ3n) is 3.09. The summed E-state index contributed by atoms with van der Waals surface area (Å²) >= 11 is 7.40. The minimum Gasteiger partial charge on any atom is -0.481 e. The molecule has 7 heteroatoms. The molecule has 1 N–H and O–H groups in total. The molecule has 0 atom stereocenters. The maximum absolute atomic E-state index is 12.2. The van der Waals surface area contributed by atoms with Gasteiger partial charge in [0.15, 0.2) is 0 Å². The van der Waals surface area contributed by atoms with E-state index in [1.165, 1.54) is 11.3 Å². The second-order valence-corrected chi connectivity index (χ2v) is 6.39. The Balaban J connectivity index is 1.88. The Kier molecular flexibility index (Phi) is 6.03. The van der Waals surface area contributed by atoms with Crippen LogP contribution in [0.2, 0.25) is 4.34 Å². The van der Waals surface area contributed by atoms with Crippen LogP contribution in [0.5, 0.6) is 5.88 Å². The number of methoxy groups -OCH3 is 1. The predicted molar refractivity (Wildman–Crippen MR) is 88.4 cm³/mol. The quantitative estimate of drug-likeness (QED) is 0.875. The first-order chi connectivity index (χ1) is 10.6. The summed E-state index contributed by atoms with van der Waals surface area (Å²) in [6.07, 6.45) is 1.69. The molecule has 2 aromatic heterocycles. The van der Waals surface area contributed by atoms with Crippen LogP contribution in [-0.4, -0.2) is 29.6 Å². The van der Waals surface area contributed by atoms with E-state index in [0.717, 1.165) is 14.8 Å². The summed E-state index contributed by atoms with van der Waals surface area (Å²) in [7, 11) is 1.57. The molecule has 0 saturated carbocycles. The molecule has 22 heavy (non-hydrogen) atoms. The molecule has 0 aliphatic rings. The van der Waals surface area contributed by atoms with Crippen LogP contribution in [0.1, 0.15) is 17.4 Å². The van der Waals surface area contributed by atoms with Gasteiger partial charge in [-0.15, -0.1) is 11.3 Å². The number of rotatable bonds is 6. The van der Waals surface area contributed by atoms with Crippen molar-refractivity contribution in [3.8, 4) is 5.88 Å². The van der Waals surface area contributed by atoms with E-state index in [1.54, 1.807) is 24.3 Å². The monoisotopic (exact) mass is 339 g/mol. The number of aromatic nitrogens is 1.